The van der Waals surface area contributed by atoms with Gasteiger partial charge in [-0.15, -0.1) is 0 Å². The Bertz CT molecular complexity index is 605. The molecule has 0 spiro atoms. The van der Waals surface area contributed by atoms with Crippen molar-refractivity contribution in [3.05, 3.63) is 41.6 Å². The van der Waals surface area contributed by atoms with Crippen LogP contribution in [0, 0.1) is 12.8 Å². The Balaban J connectivity index is 2.51. The molecule has 0 aliphatic heterocycles. The summed E-state index contributed by atoms with van der Waals surface area (Å²) in [5.41, 5.74) is 3.05. The minimum Gasteiger partial charge on any atom is -0.469 e. The summed E-state index contributed by atoms with van der Waals surface area (Å²) in [5, 5.41) is 1.06. The zero-order chi connectivity index (χ0) is 14.0. The molecule has 0 saturated heterocycles. The van der Waals surface area contributed by atoms with Crippen LogP contribution in [0.1, 0.15) is 30.9 Å². The fourth-order valence-corrected chi connectivity index (χ4v) is 2.37. The second-order valence-electron chi connectivity index (χ2n) is 5.21. The van der Waals surface area contributed by atoms with Gasteiger partial charge in [0.1, 0.15) is 0 Å². The predicted molar refractivity (Wildman–Crippen MR) is 76.1 cm³/mol. The van der Waals surface area contributed by atoms with Crippen LogP contribution in [0.2, 0.25) is 0 Å². The molecule has 0 amide bonds. The Morgan fingerprint density at radius 2 is 2.00 bits per heavy atom. The van der Waals surface area contributed by atoms with Gasteiger partial charge in [0.05, 0.1) is 18.5 Å². The Hall–Kier alpha value is -1.90. The lowest BCUT2D eigenvalue weighted by Crippen LogP contribution is -2.19. The van der Waals surface area contributed by atoms with E-state index in [9.17, 15) is 4.79 Å². The molecule has 19 heavy (non-hydrogen) atoms. The van der Waals surface area contributed by atoms with E-state index >= 15 is 0 Å². The quantitative estimate of drug-likeness (QED) is 0.790. The molecule has 0 radical (unpaired) electrons. The van der Waals surface area contributed by atoms with Crippen LogP contribution < -0.4 is 0 Å². The van der Waals surface area contributed by atoms with E-state index in [1.54, 1.807) is 0 Å². The van der Waals surface area contributed by atoms with E-state index in [2.05, 4.69) is 11.1 Å². The molecule has 1 heterocycles. The summed E-state index contributed by atoms with van der Waals surface area (Å²) < 4.78 is 4.91. The molecule has 100 valence electrons. The summed E-state index contributed by atoms with van der Waals surface area (Å²) in [6, 6.07) is 8.05. The number of hydrogen-bond donors (Lipinski definition) is 0. The lowest BCUT2D eigenvalue weighted by atomic mass is 9.88. The molecule has 3 nitrogen and oxygen atoms in total. The summed E-state index contributed by atoms with van der Waals surface area (Å²) in [6.45, 7) is 6.07. The van der Waals surface area contributed by atoms with E-state index in [1.165, 1.54) is 7.11 Å². The average Bonchev–Trinajstić information content (AvgIpc) is 2.37. The van der Waals surface area contributed by atoms with Gasteiger partial charge in [-0.3, -0.25) is 9.78 Å². The van der Waals surface area contributed by atoms with E-state index < -0.39 is 0 Å². The summed E-state index contributed by atoms with van der Waals surface area (Å²) >= 11 is 0. The van der Waals surface area contributed by atoms with Crippen molar-refractivity contribution in [2.45, 2.75) is 26.7 Å². The third kappa shape index (κ3) is 2.75. The van der Waals surface area contributed by atoms with E-state index in [1.807, 2.05) is 45.2 Å². The van der Waals surface area contributed by atoms with E-state index in [-0.39, 0.29) is 17.8 Å². The number of esters is 1. The Kier molecular flexibility index (Phi) is 3.84. The monoisotopic (exact) mass is 257 g/mol. The molecule has 2 rings (SSSR count). The fraction of sp³-hybridized carbons (Fsp3) is 0.375. The van der Waals surface area contributed by atoms with Crippen molar-refractivity contribution >= 4 is 16.9 Å². The SMILES string of the molecule is COC(=O)C(c1ccc2ncc(C)cc2c1)C(C)C. The summed E-state index contributed by atoms with van der Waals surface area (Å²) in [4.78, 5) is 16.3. The number of aryl methyl sites for hydroxylation is 1. The number of methoxy groups -OCH3 is 1. The first-order chi connectivity index (χ1) is 9.02. The number of rotatable bonds is 3. The van der Waals surface area contributed by atoms with Crippen molar-refractivity contribution in [2.24, 2.45) is 5.92 Å². The normalized spacial score (nSPS) is 12.7. The van der Waals surface area contributed by atoms with Gasteiger partial charge in [-0.25, -0.2) is 0 Å². The maximum absolute atomic E-state index is 11.9. The Labute approximate surface area is 113 Å². The van der Waals surface area contributed by atoms with Crippen LogP contribution in [0.5, 0.6) is 0 Å². The highest BCUT2D eigenvalue weighted by atomic mass is 16.5. The van der Waals surface area contributed by atoms with E-state index in [4.69, 9.17) is 4.74 Å². The molecule has 0 fully saturated rings. The van der Waals surface area contributed by atoms with Crippen molar-refractivity contribution in [3.8, 4) is 0 Å². The summed E-state index contributed by atoms with van der Waals surface area (Å²) in [6.07, 6.45) is 1.85. The fourth-order valence-electron chi connectivity index (χ4n) is 2.37. The van der Waals surface area contributed by atoms with Crippen molar-refractivity contribution < 1.29 is 9.53 Å². The van der Waals surface area contributed by atoms with Crippen molar-refractivity contribution in [1.82, 2.24) is 4.98 Å². The first-order valence-corrected chi connectivity index (χ1v) is 6.47. The molecule has 0 saturated carbocycles. The summed E-state index contributed by atoms with van der Waals surface area (Å²) in [7, 11) is 1.43. The van der Waals surface area contributed by atoms with E-state index in [0.717, 1.165) is 22.0 Å². The molecule has 0 aliphatic rings. The van der Waals surface area contributed by atoms with Gasteiger partial charge in [0.2, 0.25) is 0 Å². The van der Waals surface area contributed by atoms with Gasteiger partial charge < -0.3 is 4.74 Å². The number of benzene rings is 1. The van der Waals surface area contributed by atoms with Gasteiger partial charge >= 0.3 is 5.97 Å². The molecule has 0 aliphatic carbocycles. The molecular formula is C16H19NO2. The lowest BCUT2D eigenvalue weighted by Gasteiger charge is -2.19. The van der Waals surface area contributed by atoms with Crippen LogP contribution in [0.15, 0.2) is 30.5 Å². The van der Waals surface area contributed by atoms with Gasteiger partial charge in [-0.2, -0.15) is 0 Å². The van der Waals surface area contributed by atoms with Gasteiger partial charge in [0, 0.05) is 11.6 Å². The highest BCUT2D eigenvalue weighted by Gasteiger charge is 2.25. The number of carbonyl (C=O) groups excluding carboxylic acids is 1. The number of aromatic nitrogens is 1. The first kappa shape index (κ1) is 13.5. The van der Waals surface area contributed by atoms with Crippen molar-refractivity contribution in [1.29, 1.82) is 0 Å². The lowest BCUT2D eigenvalue weighted by molar-refractivity contribution is -0.143. The number of nitrogens with zero attached hydrogens (tertiary/aromatic N) is 1. The first-order valence-electron chi connectivity index (χ1n) is 6.47. The molecular weight excluding hydrogens is 238 g/mol. The highest BCUT2D eigenvalue weighted by molar-refractivity contribution is 5.84. The third-order valence-electron chi connectivity index (χ3n) is 3.32. The number of carbonyl (C=O) groups is 1. The predicted octanol–water partition coefficient (Wildman–Crippen LogP) is 3.46. The topological polar surface area (TPSA) is 39.2 Å². The molecule has 2 aromatic rings. The van der Waals surface area contributed by atoms with Gasteiger partial charge in [0.15, 0.2) is 0 Å². The molecule has 0 N–H and O–H groups in total. The van der Waals surface area contributed by atoms with Crippen LogP contribution in [0.3, 0.4) is 0 Å². The number of ether oxygens (including phenoxy) is 1. The molecule has 0 bridgehead atoms. The zero-order valence-corrected chi connectivity index (χ0v) is 11.8. The van der Waals surface area contributed by atoms with Crippen molar-refractivity contribution in [2.75, 3.05) is 7.11 Å². The zero-order valence-electron chi connectivity index (χ0n) is 11.8. The minimum absolute atomic E-state index is 0.185. The van der Waals surface area contributed by atoms with Crippen molar-refractivity contribution in [3.63, 3.8) is 0 Å². The Morgan fingerprint density at radius 1 is 1.26 bits per heavy atom. The number of hydrogen-bond acceptors (Lipinski definition) is 3. The van der Waals surface area contributed by atoms with Crippen LogP contribution in [-0.4, -0.2) is 18.1 Å². The highest BCUT2D eigenvalue weighted by Crippen LogP contribution is 2.28. The van der Waals surface area contributed by atoms with Gasteiger partial charge in [-0.05, 0) is 42.2 Å². The van der Waals surface area contributed by atoms with Gasteiger partial charge in [0.25, 0.3) is 0 Å². The number of pyridine rings is 1. The standard InChI is InChI=1S/C16H19NO2/c1-10(2)15(16(18)19-4)12-5-6-14-13(8-12)7-11(3)9-17-14/h5-10,15H,1-4H3. The molecule has 1 aromatic heterocycles. The molecule has 3 heteroatoms. The van der Waals surface area contributed by atoms with Crippen LogP contribution in [-0.2, 0) is 9.53 Å². The maximum Gasteiger partial charge on any atom is 0.313 e. The smallest absolute Gasteiger partial charge is 0.313 e. The molecule has 1 aromatic carbocycles. The van der Waals surface area contributed by atoms with Crippen LogP contribution >= 0.6 is 0 Å². The maximum atomic E-state index is 11.9. The second-order valence-corrected chi connectivity index (χ2v) is 5.21. The van der Waals surface area contributed by atoms with Crippen LogP contribution in [0.4, 0.5) is 0 Å². The molecule has 1 atom stereocenters. The van der Waals surface area contributed by atoms with Gasteiger partial charge in [-0.1, -0.05) is 19.9 Å². The third-order valence-corrected chi connectivity index (χ3v) is 3.32. The Morgan fingerprint density at radius 3 is 2.63 bits per heavy atom. The minimum atomic E-state index is -0.227. The largest absolute Gasteiger partial charge is 0.469 e. The second kappa shape index (κ2) is 5.39. The average molecular weight is 257 g/mol. The summed E-state index contributed by atoms with van der Waals surface area (Å²) in [5.74, 6) is -0.215. The van der Waals surface area contributed by atoms with Crippen LogP contribution in [0.25, 0.3) is 10.9 Å². The molecule has 1 unspecified atom stereocenters. The number of fused-ring (bicyclic) bond motifs is 1. The van der Waals surface area contributed by atoms with E-state index in [0.29, 0.717) is 0 Å².